The number of fused-ring (bicyclic) bond motifs is 4. The van der Waals surface area contributed by atoms with Gasteiger partial charge in [-0.2, -0.15) is 10.2 Å². The van der Waals surface area contributed by atoms with Crippen molar-refractivity contribution >= 4 is 17.6 Å². The lowest BCUT2D eigenvalue weighted by Crippen LogP contribution is -2.28. The average molecular weight is 453 g/mol. The Balaban J connectivity index is 1.31. The Morgan fingerprint density at radius 1 is 1.12 bits per heavy atom. The zero-order chi connectivity index (χ0) is 22.8. The summed E-state index contributed by atoms with van der Waals surface area (Å²) in [6.07, 6.45) is 4.71. The smallest absolute Gasteiger partial charge is 0.416 e. The maximum Gasteiger partial charge on any atom is 0.416 e. The van der Waals surface area contributed by atoms with Gasteiger partial charge in [0.05, 0.1) is 11.8 Å². The highest BCUT2D eigenvalue weighted by molar-refractivity contribution is 5.91. The van der Waals surface area contributed by atoms with Crippen LogP contribution >= 0.6 is 0 Å². The quantitative estimate of drug-likeness (QED) is 0.444. The molecule has 3 aromatic heterocycles. The highest BCUT2D eigenvalue weighted by Gasteiger charge is 2.48. The summed E-state index contributed by atoms with van der Waals surface area (Å²) in [7, 11) is 0. The van der Waals surface area contributed by atoms with E-state index in [1.165, 1.54) is 18.0 Å². The van der Waals surface area contributed by atoms with E-state index in [0.29, 0.717) is 40.4 Å². The number of benzene rings is 2. The van der Waals surface area contributed by atoms with Crippen LogP contribution in [0.15, 0.2) is 67.3 Å². The number of rotatable bonds is 3. The van der Waals surface area contributed by atoms with E-state index in [0.717, 1.165) is 5.56 Å². The number of aromatic nitrogens is 6. The van der Waals surface area contributed by atoms with Crippen molar-refractivity contribution in [2.75, 3.05) is 4.90 Å². The van der Waals surface area contributed by atoms with E-state index < -0.39 is 11.9 Å². The van der Waals surface area contributed by atoms with Gasteiger partial charge in [0.2, 0.25) is 0 Å². The van der Waals surface area contributed by atoms with Crippen LogP contribution in [0.25, 0.3) is 28.2 Å². The van der Waals surface area contributed by atoms with Gasteiger partial charge in [0.25, 0.3) is 0 Å². The van der Waals surface area contributed by atoms with Gasteiger partial charge in [-0.1, -0.05) is 30.3 Å². The Labute approximate surface area is 191 Å². The Morgan fingerprint density at radius 2 is 2.03 bits per heavy atom. The molecular weight excluding hydrogens is 437 g/mol. The van der Waals surface area contributed by atoms with Crippen molar-refractivity contribution in [2.24, 2.45) is 0 Å². The zero-order valence-electron chi connectivity index (χ0n) is 17.6. The summed E-state index contributed by atoms with van der Waals surface area (Å²) in [6.45, 7) is 0. The maximum atomic E-state index is 14.9. The van der Waals surface area contributed by atoms with Crippen LogP contribution in [-0.2, 0) is 11.2 Å². The molecule has 4 heterocycles. The molecule has 1 aliphatic carbocycles. The minimum absolute atomic E-state index is 0.233. The number of ether oxygens (including phenoxy) is 1. The van der Waals surface area contributed by atoms with Gasteiger partial charge in [-0.25, -0.2) is 23.7 Å². The molecule has 0 radical (unpaired) electrons. The number of carbonyl (C=O) groups is 1. The molecule has 1 N–H and O–H groups in total. The minimum atomic E-state index is -0.446. The van der Waals surface area contributed by atoms with E-state index in [1.54, 1.807) is 40.0 Å². The molecule has 1 saturated heterocycles. The van der Waals surface area contributed by atoms with Crippen molar-refractivity contribution in [1.82, 2.24) is 29.8 Å². The van der Waals surface area contributed by atoms with Crippen molar-refractivity contribution in [2.45, 2.75) is 18.6 Å². The summed E-state index contributed by atoms with van der Waals surface area (Å²) in [5.74, 6) is 0.365. The van der Waals surface area contributed by atoms with Crippen molar-refractivity contribution in [3.8, 4) is 22.5 Å². The number of aromatic amines is 1. The first-order chi connectivity index (χ1) is 16.7. The molecule has 9 nitrogen and oxygen atoms in total. The monoisotopic (exact) mass is 453 g/mol. The summed E-state index contributed by atoms with van der Waals surface area (Å²) >= 11 is 0. The van der Waals surface area contributed by atoms with E-state index in [9.17, 15) is 9.18 Å². The third-order valence-corrected chi connectivity index (χ3v) is 6.43. The number of carbonyl (C=O) groups excluding carboxylic acids is 1. The molecule has 2 aliphatic rings. The second-order valence-corrected chi connectivity index (χ2v) is 8.28. The highest BCUT2D eigenvalue weighted by atomic mass is 19.1. The van der Waals surface area contributed by atoms with Crippen LogP contribution in [0.5, 0.6) is 0 Å². The summed E-state index contributed by atoms with van der Waals surface area (Å²) < 4.78 is 22.1. The standard InChI is InChI=1S/C24H16FN7O2/c25-18-9-14(5-6-16(18)22-26-12-27-30-22)17-11-28-31-8-7-20(29-23(17)31)32-21-15-4-2-1-3-13(15)10-19(21)34-24(32)33/h1-9,11-12,19,21H,10H2,(H,26,27,30). The van der Waals surface area contributed by atoms with E-state index in [4.69, 9.17) is 9.72 Å². The van der Waals surface area contributed by atoms with Crippen molar-refractivity contribution in [3.05, 3.63) is 84.2 Å². The van der Waals surface area contributed by atoms with E-state index in [-0.39, 0.29) is 12.1 Å². The van der Waals surface area contributed by atoms with Crippen LogP contribution in [0.4, 0.5) is 15.0 Å². The van der Waals surface area contributed by atoms with Crippen LogP contribution in [0.3, 0.4) is 0 Å². The third-order valence-electron chi connectivity index (χ3n) is 6.43. The minimum Gasteiger partial charge on any atom is -0.443 e. The molecule has 1 fully saturated rings. The number of anilines is 1. The molecule has 2 unspecified atom stereocenters. The molecule has 1 amide bonds. The highest BCUT2D eigenvalue weighted by Crippen LogP contribution is 2.44. The second kappa shape index (κ2) is 6.95. The second-order valence-electron chi connectivity index (χ2n) is 8.28. The molecule has 0 saturated carbocycles. The Morgan fingerprint density at radius 3 is 2.88 bits per heavy atom. The number of hydrogen-bond donors (Lipinski definition) is 1. The first kappa shape index (κ1) is 18.9. The molecule has 2 atom stereocenters. The van der Waals surface area contributed by atoms with Crippen LogP contribution in [0, 0.1) is 5.82 Å². The molecule has 34 heavy (non-hydrogen) atoms. The lowest BCUT2D eigenvalue weighted by atomic mass is 10.1. The predicted octanol–water partition coefficient (Wildman–Crippen LogP) is 3.94. The van der Waals surface area contributed by atoms with Crippen molar-refractivity contribution < 1.29 is 13.9 Å². The number of nitrogens with one attached hydrogen (secondary N) is 1. The number of amides is 1. The summed E-state index contributed by atoms with van der Waals surface area (Å²) in [4.78, 5) is 23.2. The normalized spacial score (nSPS) is 18.9. The first-order valence-corrected chi connectivity index (χ1v) is 10.7. The topological polar surface area (TPSA) is 101 Å². The van der Waals surface area contributed by atoms with Crippen LogP contribution in [0.2, 0.25) is 0 Å². The van der Waals surface area contributed by atoms with Crippen LogP contribution in [0.1, 0.15) is 17.2 Å². The van der Waals surface area contributed by atoms with E-state index in [2.05, 4.69) is 26.3 Å². The summed E-state index contributed by atoms with van der Waals surface area (Å²) in [5.41, 5.74) is 4.31. The SMILES string of the molecule is O=C1OC2Cc3ccccc3C2N1c1ccn2ncc(-c3ccc(-c4ncn[nH]4)c(F)c3)c2n1. The molecule has 5 aromatic rings. The van der Waals surface area contributed by atoms with Crippen LogP contribution in [-0.4, -0.2) is 42.0 Å². The van der Waals surface area contributed by atoms with Gasteiger partial charge in [0, 0.05) is 18.2 Å². The predicted molar refractivity (Wildman–Crippen MR) is 119 cm³/mol. The summed E-state index contributed by atoms with van der Waals surface area (Å²) in [5, 5.41) is 10.8. The molecule has 0 bridgehead atoms. The Kier molecular flexibility index (Phi) is 3.87. The molecule has 2 aromatic carbocycles. The van der Waals surface area contributed by atoms with Gasteiger partial charge in [-0.3, -0.25) is 10.00 Å². The van der Waals surface area contributed by atoms with Gasteiger partial charge in [0.15, 0.2) is 11.5 Å². The number of hydrogen-bond acceptors (Lipinski definition) is 6. The molecule has 7 rings (SSSR count). The maximum absolute atomic E-state index is 14.9. The van der Waals surface area contributed by atoms with Crippen molar-refractivity contribution in [1.29, 1.82) is 0 Å². The Bertz CT molecular complexity index is 1580. The average Bonchev–Trinajstić information content (AvgIpc) is 3.62. The molecule has 0 spiro atoms. The largest absolute Gasteiger partial charge is 0.443 e. The van der Waals surface area contributed by atoms with Gasteiger partial charge in [-0.05, 0) is 34.9 Å². The fourth-order valence-corrected chi connectivity index (χ4v) is 4.89. The number of halogens is 1. The molecular formula is C24H16FN7O2. The molecule has 10 heteroatoms. The zero-order valence-corrected chi connectivity index (χ0v) is 17.6. The van der Waals surface area contributed by atoms with Gasteiger partial charge in [-0.15, -0.1) is 0 Å². The third kappa shape index (κ3) is 2.68. The fraction of sp³-hybridized carbons (Fsp3) is 0.125. The lowest BCUT2D eigenvalue weighted by molar-refractivity contribution is 0.137. The Hall–Kier alpha value is -4.60. The summed E-state index contributed by atoms with van der Waals surface area (Å²) in [6, 6.07) is 14.4. The van der Waals surface area contributed by atoms with Gasteiger partial charge in [0.1, 0.15) is 30.1 Å². The van der Waals surface area contributed by atoms with Crippen molar-refractivity contribution in [3.63, 3.8) is 0 Å². The molecule has 1 aliphatic heterocycles. The lowest BCUT2D eigenvalue weighted by Gasteiger charge is -2.20. The van der Waals surface area contributed by atoms with Crippen LogP contribution < -0.4 is 4.90 Å². The van der Waals surface area contributed by atoms with E-state index in [1.807, 2.05) is 18.2 Å². The fourth-order valence-electron chi connectivity index (χ4n) is 4.89. The van der Waals surface area contributed by atoms with Gasteiger partial charge < -0.3 is 4.74 Å². The number of H-pyrrole nitrogens is 1. The van der Waals surface area contributed by atoms with E-state index >= 15 is 0 Å². The number of nitrogens with zero attached hydrogens (tertiary/aromatic N) is 6. The first-order valence-electron chi connectivity index (χ1n) is 10.7. The molecule has 166 valence electrons. The van der Waals surface area contributed by atoms with Gasteiger partial charge >= 0.3 is 6.09 Å².